The lowest BCUT2D eigenvalue weighted by Crippen LogP contribution is -1.96. The van der Waals surface area contributed by atoms with E-state index in [-0.39, 0.29) is 11.4 Å². The largest absolute Gasteiger partial charge is 0.453 e. The Morgan fingerprint density at radius 1 is 1.37 bits per heavy atom. The third-order valence-electron chi connectivity index (χ3n) is 2.94. The Kier molecular flexibility index (Phi) is 3.53. The van der Waals surface area contributed by atoms with Crippen molar-refractivity contribution >= 4 is 27.9 Å². The minimum atomic E-state index is -0.463. The predicted octanol–water partition coefficient (Wildman–Crippen LogP) is 4.05. The number of hydrogen-bond acceptors (Lipinski definition) is 4. The minimum Gasteiger partial charge on any atom is -0.453 e. The van der Waals surface area contributed by atoms with Gasteiger partial charge in [-0.1, -0.05) is 0 Å². The summed E-state index contributed by atoms with van der Waals surface area (Å²) in [6, 6.07) is 4.53. The first-order valence-corrected chi connectivity index (χ1v) is 6.24. The fraction of sp³-hybridized carbons (Fsp3) is 0.154. The van der Waals surface area contributed by atoms with Crippen LogP contribution in [0.4, 0.5) is 5.69 Å². The van der Waals surface area contributed by atoms with Gasteiger partial charge in [0.15, 0.2) is 12.0 Å². The number of halogens is 1. The molecule has 1 heterocycles. The third kappa shape index (κ3) is 2.31. The third-order valence-corrected chi connectivity index (χ3v) is 3.93. The van der Waals surface area contributed by atoms with E-state index in [0.29, 0.717) is 22.1 Å². The van der Waals surface area contributed by atoms with E-state index >= 15 is 0 Å². The second kappa shape index (κ2) is 4.97. The van der Waals surface area contributed by atoms with Crippen LogP contribution in [0.25, 0.3) is 11.3 Å². The van der Waals surface area contributed by atoms with Gasteiger partial charge in [-0.2, -0.15) is 0 Å². The summed E-state index contributed by atoms with van der Waals surface area (Å²) in [5.41, 5.74) is 2.00. The van der Waals surface area contributed by atoms with E-state index < -0.39 is 4.92 Å². The maximum absolute atomic E-state index is 11.2. The van der Waals surface area contributed by atoms with Crippen molar-refractivity contribution in [1.29, 1.82) is 0 Å². The molecule has 0 aliphatic carbocycles. The number of carbonyl (C=O) groups is 1. The summed E-state index contributed by atoms with van der Waals surface area (Å²) in [4.78, 5) is 21.3. The molecule has 0 spiro atoms. The Bertz CT molecular complexity index is 676. The van der Waals surface area contributed by atoms with Crippen LogP contribution in [0.1, 0.15) is 21.7 Å². The van der Waals surface area contributed by atoms with Crippen molar-refractivity contribution in [2.24, 2.45) is 0 Å². The number of nitro groups is 1. The summed E-state index contributed by atoms with van der Waals surface area (Å²) >= 11 is 3.37. The van der Waals surface area contributed by atoms with Gasteiger partial charge in [0.2, 0.25) is 0 Å². The molecule has 0 N–H and O–H groups in total. The first kappa shape index (κ1) is 13.5. The maximum Gasteiger partial charge on any atom is 0.281 e. The van der Waals surface area contributed by atoms with Crippen molar-refractivity contribution < 1.29 is 14.1 Å². The summed E-state index contributed by atoms with van der Waals surface area (Å²) in [5, 5.41) is 11.2. The molecule has 0 fully saturated rings. The number of rotatable bonds is 3. The lowest BCUT2D eigenvalue weighted by atomic mass is 10.0. The van der Waals surface area contributed by atoms with E-state index in [1.165, 1.54) is 12.1 Å². The molecule has 0 saturated heterocycles. The van der Waals surface area contributed by atoms with Crippen LogP contribution in [0.5, 0.6) is 0 Å². The van der Waals surface area contributed by atoms with Gasteiger partial charge in [0.05, 0.1) is 4.92 Å². The predicted molar refractivity (Wildman–Crippen MR) is 73.4 cm³/mol. The van der Waals surface area contributed by atoms with Gasteiger partial charge in [-0.15, -0.1) is 0 Å². The lowest BCUT2D eigenvalue weighted by molar-refractivity contribution is -0.384. The van der Waals surface area contributed by atoms with Crippen molar-refractivity contribution in [2.45, 2.75) is 13.8 Å². The molecule has 5 nitrogen and oxygen atoms in total. The molecule has 98 valence electrons. The number of nitrogens with zero attached hydrogens (tertiary/aromatic N) is 1. The highest BCUT2D eigenvalue weighted by Crippen LogP contribution is 2.40. The Hall–Kier alpha value is -1.95. The van der Waals surface area contributed by atoms with Crippen LogP contribution in [0.2, 0.25) is 0 Å². The molecule has 2 aromatic rings. The molecule has 0 radical (unpaired) electrons. The second-order valence-electron chi connectivity index (χ2n) is 4.10. The number of furan rings is 1. The molecule has 0 aliphatic rings. The molecule has 6 heteroatoms. The molecular formula is C13H10BrNO4. The van der Waals surface area contributed by atoms with E-state index in [2.05, 4.69) is 15.9 Å². The topological polar surface area (TPSA) is 73.3 Å². The van der Waals surface area contributed by atoms with Crippen LogP contribution in [0.3, 0.4) is 0 Å². The van der Waals surface area contributed by atoms with E-state index in [1.807, 2.05) is 6.92 Å². The minimum absolute atomic E-state index is 0.0539. The molecule has 0 saturated carbocycles. The number of aryl methyl sites for hydroxylation is 1. The zero-order chi connectivity index (χ0) is 14.2. The first-order chi connectivity index (χ1) is 8.95. The summed E-state index contributed by atoms with van der Waals surface area (Å²) < 4.78 is 5.89. The fourth-order valence-electron chi connectivity index (χ4n) is 1.79. The Balaban J connectivity index is 2.76. The van der Waals surface area contributed by atoms with Crippen molar-refractivity contribution in [3.63, 3.8) is 0 Å². The van der Waals surface area contributed by atoms with Crippen LogP contribution in [-0.4, -0.2) is 11.2 Å². The standard InChI is InChI=1S/C13H10BrNO4/c1-7-5-10(15(17)18)12(13(14)8(7)2)11-4-3-9(6-16)19-11/h3-6H,1-2H3. The monoisotopic (exact) mass is 323 g/mol. The highest BCUT2D eigenvalue weighted by atomic mass is 79.9. The quantitative estimate of drug-likeness (QED) is 0.485. The van der Waals surface area contributed by atoms with Gasteiger partial charge < -0.3 is 4.42 Å². The van der Waals surface area contributed by atoms with Gasteiger partial charge in [-0.05, 0) is 53.0 Å². The molecule has 0 atom stereocenters. The van der Waals surface area contributed by atoms with Crippen molar-refractivity contribution in [3.05, 3.63) is 49.7 Å². The summed E-state index contributed by atoms with van der Waals surface area (Å²) in [6.07, 6.45) is 0.560. The molecule has 0 aliphatic heterocycles. The molecule has 0 unspecified atom stereocenters. The van der Waals surface area contributed by atoms with Gasteiger partial charge in [-0.25, -0.2) is 0 Å². The number of aldehydes is 1. The molecule has 19 heavy (non-hydrogen) atoms. The van der Waals surface area contributed by atoms with Crippen molar-refractivity contribution in [2.75, 3.05) is 0 Å². The highest BCUT2D eigenvalue weighted by Gasteiger charge is 2.24. The lowest BCUT2D eigenvalue weighted by Gasteiger charge is -2.09. The smallest absolute Gasteiger partial charge is 0.281 e. The average Bonchev–Trinajstić information content (AvgIpc) is 2.83. The average molecular weight is 324 g/mol. The van der Waals surface area contributed by atoms with Crippen LogP contribution in [-0.2, 0) is 0 Å². The van der Waals surface area contributed by atoms with Crippen molar-refractivity contribution in [1.82, 2.24) is 0 Å². The van der Waals surface area contributed by atoms with Crippen LogP contribution < -0.4 is 0 Å². The van der Waals surface area contributed by atoms with E-state index in [0.717, 1.165) is 11.1 Å². The van der Waals surface area contributed by atoms with E-state index in [9.17, 15) is 14.9 Å². The Morgan fingerprint density at radius 2 is 2.05 bits per heavy atom. The van der Waals surface area contributed by atoms with Crippen LogP contribution >= 0.6 is 15.9 Å². The number of benzene rings is 1. The zero-order valence-corrected chi connectivity index (χ0v) is 11.9. The van der Waals surface area contributed by atoms with E-state index in [4.69, 9.17) is 4.42 Å². The zero-order valence-electron chi connectivity index (χ0n) is 10.3. The number of hydrogen-bond donors (Lipinski definition) is 0. The van der Waals surface area contributed by atoms with Gasteiger partial charge in [0.1, 0.15) is 11.3 Å². The number of carbonyl (C=O) groups excluding carboxylic acids is 1. The summed E-state index contributed by atoms with van der Waals surface area (Å²) in [6.45, 7) is 3.66. The van der Waals surface area contributed by atoms with Crippen LogP contribution in [0.15, 0.2) is 27.1 Å². The SMILES string of the molecule is Cc1cc([N+](=O)[O-])c(-c2ccc(C=O)o2)c(Br)c1C. The molecule has 0 bridgehead atoms. The molecule has 2 rings (SSSR count). The van der Waals surface area contributed by atoms with Gasteiger partial charge in [0.25, 0.3) is 5.69 Å². The molecule has 1 aromatic heterocycles. The summed E-state index contributed by atoms with van der Waals surface area (Å²) in [5.74, 6) is 0.429. The van der Waals surface area contributed by atoms with E-state index in [1.54, 1.807) is 13.0 Å². The Morgan fingerprint density at radius 3 is 2.58 bits per heavy atom. The Labute approximate surface area is 117 Å². The number of nitro benzene ring substituents is 1. The first-order valence-electron chi connectivity index (χ1n) is 5.45. The maximum atomic E-state index is 11.2. The summed E-state index contributed by atoms with van der Waals surface area (Å²) in [7, 11) is 0. The van der Waals surface area contributed by atoms with Crippen molar-refractivity contribution in [3.8, 4) is 11.3 Å². The molecular weight excluding hydrogens is 314 g/mol. The molecule has 0 amide bonds. The van der Waals surface area contributed by atoms with Gasteiger partial charge in [0, 0.05) is 10.5 Å². The fourth-order valence-corrected chi connectivity index (χ4v) is 2.50. The second-order valence-corrected chi connectivity index (χ2v) is 4.90. The normalized spacial score (nSPS) is 10.5. The highest BCUT2D eigenvalue weighted by molar-refractivity contribution is 9.10. The van der Waals surface area contributed by atoms with Gasteiger partial charge >= 0.3 is 0 Å². The van der Waals surface area contributed by atoms with Crippen LogP contribution in [0, 0.1) is 24.0 Å². The van der Waals surface area contributed by atoms with Gasteiger partial charge in [-0.3, -0.25) is 14.9 Å². The molecule has 1 aromatic carbocycles.